The standard InChI is InChI=1S/C9H23N3/c1-6-7-8-10-9(11(2)3)12(4)5/h9-10H,6-8H2,1-5H3. The van der Waals surface area contributed by atoms with Crippen molar-refractivity contribution in [3.05, 3.63) is 0 Å². The maximum absolute atomic E-state index is 3.47. The maximum Gasteiger partial charge on any atom is 0.116 e. The summed E-state index contributed by atoms with van der Waals surface area (Å²) in [6.45, 7) is 3.31. The largest absolute Gasteiger partial charge is 0.289 e. The zero-order chi connectivity index (χ0) is 9.56. The lowest BCUT2D eigenvalue weighted by molar-refractivity contribution is 0.0956. The second-order valence-electron chi connectivity index (χ2n) is 3.61. The van der Waals surface area contributed by atoms with Crippen LogP contribution in [0.25, 0.3) is 0 Å². The van der Waals surface area contributed by atoms with Gasteiger partial charge >= 0.3 is 0 Å². The third-order valence-corrected chi connectivity index (χ3v) is 1.84. The summed E-state index contributed by atoms with van der Waals surface area (Å²) >= 11 is 0. The molecule has 0 spiro atoms. The van der Waals surface area contributed by atoms with Crippen LogP contribution in [0.15, 0.2) is 0 Å². The van der Waals surface area contributed by atoms with Crippen LogP contribution >= 0.6 is 0 Å². The topological polar surface area (TPSA) is 18.5 Å². The van der Waals surface area contributed by atoms with Crippen LogP contribution in [-0.2, 0) is 0 Å². The molecule has 0 aliphatic carbocycles. The minimum atomic E-state index is 0.358. The molecule has 0 aromatic rings. The van der Waals surface area contributed by atoms with Crippen molar-refractivity contribution >= 4 is 0 Å². The Morgan fingerprint density at radius 3 is 1.92 bits per heavy atom. The fraction of sp³-hybridized carbons (Fsp3) is 1.00. The summed E-state index contributed by atoms with van der Waals surface area (Å²) < 4.78 is 0. The summed E-state index contributed by atoms with van der Waals surface area (Å²) in [6, 6.07) is 0. The van der Waals surface area contributed by atoms with Gasteiger partial charge in [-0.3, -0.25) is 15.1 Å². The molecule has 0 unspecified atom stereocenters. The Hall–Kier alpha value is -0.120. The van der Waals surface area contributed by atoms with Gasteiger partial charge in [0.2, 0.25) is 0 Å². The molecule has 0 aromatic heterocycles. The molecule has 1 N–H and O–H groups in total. The second kappa shape index (κ2) is 6.40. The van der Waals surface area contributed by atoms with Crippen molar-refractivity contribution in [2.24, 2.45) is 0 Å². The highest BCUT2D eigenvalue weighted by atomic mass is 15.4. The van der Waals surface area contributed by atoms with Crippen molar-refractivity contribution < 1.29 is 0 Å². The Morgan fingerprint density at radius 2 is 1.58 bits per heavy atom. The van der Waals surface area contributed by atoms with E-state index in [1.807, 2.05) is 0 Å². The maximum atomic E-state index is 3.47. The van der Waals surface area contributed by atoms with Gasteiger partial charge in [-0.2, -0.15) is 0 Å². The molecule has 0 aromatic carbocycles. The summed E-state index contributed by atoms with van der Waals surface area (Å²) in [7, 11) is 8.35. The van der Waals surface area contributed by atoms with Crippen molar-refractivity contribution in [1.29, 1.82) is 0 Å². The average molecular weight is 173 g/mol. The van der Waals surface area contributed by atoms with Gasteiger partial charge in [-0.15, -0.1) is 0 Å². The molecule has 0 bridgehead atoms. The van der Waals surface area contributed by atoms with E-state index in [0.717, 1.165) is 6.54 Å². The zero-order valence-corrected chi connectivity index (χ0v) is 9.09. The molecule has 0 atom stereocenters. The van der Waals surface area contributed by atoms with E-state index >= 15 is 0 Å². The Balaban J connectivity index is 3.64. The first-order valence-electron chi connectivity index (χ1n) is 4.65. The minimum Gasteiger partial charge on any atom is -0.289 e. The summed E-state index contributed by atoms with van der Waals surface area (Å²) in [4.78, 5) is 4.35. The van der Waals surface area contributed by atoms with Crippen molar-refractivity contribution in [2.45, 2.75) is 26.1 Å². The molecule has 3 heteroatoms. The number of unbranched alkanes of at least 4 members (excludes halogenated alkanes) is 1. The molecule has 0 fully saturated rings. The van der Waals surface area contributed by atoms with Gasteiger partial charge in [-0.25, -0.2) is 0 Å². The van der Waals surface area contributed by atoms with Gasteiger partial charge in [0.1, 0.15) is 6.29 Å². The van der Waals surface area contributed by atoms with Crippen LogP contribution in [-0.4, -0.2) is 50.8 Å². The molecule has 0 saturated heterocycles. The van der Waals surface area contributed by atoms with Gasteiger partial charge in [0, 0.05) is 0 Å². The van der Waals surface area contributed by atoms with E-state index in [2.05, 4.69) is 50.2 Å². The minimum absolute atomic E-state index is 0.358. The number of hydrogen-bond donors (Lipinski definition) is 1. The number of nitrogens with one attached hydrogen (secondary N) is 1. The predicted octanol–water partition coefficient (Wildman–Crippen LogP) is 0.783. The molecular weight excluding hydrogens is 150 g/mol. The van der Waals surface area contributed by atoms with Gasteiger partial charge in [-0.05, 0) is 41.2 Å². The first-order valence-corrected chi connectivity index (χ1v) is 4.65. The Kier molecular flexibility index (Phi) is 6.34. The predicted molar refractivity (Wildman–Crippen MR) is 54.1 cm³/mol. The van der Waals surface area contributed by atoms with Crippen LogP contribution in [0.1, 0.15) is 19.8 Å². The van der Waals surface area contributed by atoms with E-state index in [4.69, 9.17) is 0 Å². The molecule has 0 radical (unpaired) electrons. The van der Waals surface area contributed by atoms with Crippen LogP contribution in [0.2, 0.25) is 0 Å². The SMILES string of the molecule is CCCCNC(N(C)C)N(C)C. The zero-order valence-electron chi connectivity index (χ0n) is 9.09. The average Bonchev–Trinajstić information content (AvgIpc) is 1.96. The highest BCUT2D eigenvalue weighted by Crippen LogP contribution is 1.93. The first-order chi connectivity index (χ1) is 5.59. The third kappa shape index (κ3) is 4.70. The molecule has 3 nitrogen and oxygen atoms in total. The van der Waals surface area contributed by atoms with E-state index in [1.165, 1.54) is 12.8 Å². The quantitative estimate of drug-likeness (QED) is 0.473. The molecule has 74 valence electrons. The van der Waals surface area contributed by atoms with Crippen molar-refractivity contribution in [1.82, 2.24) is 15.1 Å². The Morgan fingerprint density at radius 1 is 1.08 bits per heavy atom. The van der Waals surface area contributed by atoms with Gasteiger partial charge in [0.25, 0.3) is 0 Å². The molecular formula is C9H23N3. The summed E-state index contributed by atoms with van der Waals surface area (Å²) in [5, 5.41) is 3.47. The second-order valence-corrected chi connectivity index (χ2v) is 3.61. The van der Waals surface area contributed by atoms with E-state index in [9.17, 15) is 0 Å². The van der Waals surface area contributed by atoms with E-state index in [1.54, 1.807) is 0 Å². The van der Waals surface area contributed by atoms with Crippen LogP contribution in [0.3, 0.4) is 0 Å². The van der Waals surface area contributed by atoms with Crippen molar-refractivity contribution in [3.63, 3.8) is 0 Å². The van der Waals surface area contributed by atoms with E-state index in [-0.39, 0.29) is 0 Å². The Labute approximate surface area is 76.7 Å². The van der Waals surface area contributed by atoms with Gasteiger partial charge in [0.15, 0.2) is 0 Å². The summed E-state index contributed by atoms with van der Waals surface area (Å²) in [5.41, 5.74) is 0. The summed E-state index contributed by atoms with van der Waals surface area (Å²) in [5.74, 6) is 0. The molecule has 0 aliphatic heterocycles. The van der Waals surface area contributed by atoms with Crippen molar-refractivity contribution in [3.8, 4) is 0 Å². The van der Waals surface area contributed by atoms with Crippen LogP contribution in [0.4, 0.5) is 0 Å². The lowest BCUT2D eigenvalue weighted by atomic mass is 10.3. The monoisotopic (exact) mass is 173 g/mol. The van der Waals surface area contributed by atoms with Gasteiger partial charge < -0.3 is 0 Å². The molecule has 0 heterocycles. The van der Waals surface area contributed by atoms with Gasteiger partial charge in [-0.1, -0.05) is 13.3 Å². The van der Waals surface area contributed by atoms with Crippen LogP contribution in [0, 0.1) is 0 Å². The molecule has 12 heavy (non-hydrogen) atoms. The van der Waals surface area contributed by atoms with E-state index in [0.29, 0.717) is 6.29 Å². The lowest BCUT2D eigenvalue weighted by Gasteiger charge is -2.31. The highest BCUT2D eigenvalue weighted by molar-refractivity contribution is 4.59. The smallest absolute Gasteiger partial charge is 0.116 e. The first kappa shape index (κ1) is 11.9. The highest BCUT2D eigenvalue weighted by Gasteiger charge is 2.10. The third-order valence-electron chi connectivity index (χ3n) is 1.84. The molecule has 0 rings (SSSR count). The molecule has 0 amide bonds. The van der Waals surface area contributed by atoms with Crippen LogP contribution < -0.4 is 5.32 Å². The van der Waals surface area contributed by atoms with Gasteiger partial charge in [0.05, 0.1) is 0 Å². The fourth-order valence-corrected chi connectivity index (χ4v) is 1.23. The summed E-state index contributed by atoms with van der Waals surface area (Å²) in [6.07, 6.45) is 2.86. The van der Waals surface area contributed by atoms with Crippen LogP contribution in [0.5, 0.6) is 0 Å². The fourth-order valence-electron chi connectivity index (χ4n) is 1.23. The molecule has 0 saturated carbocycles. The lowest BCUT2D eigenvalue weighted by Crippen LogP contribution is -2.51. The number of nitrogens with zero attached hydrogens (tertiary/aromatic N) is 2. The number of hydrogen-bond acceptors (Lipinski definition) is 3. The number of rotatable bonds is 6. The van der Waals surface area contributed by atoms with Crippen molar-refractivity contribution in [2.75, 3.05) is 34.7 Å². The normalized spacial score (nSPS) is 12.0. The molecule has 0 aliphatic rings. The Bertz CT molecular complexity index is 93.9. The van der Waals surface area contributed by atoms with E-state index < -0.39 is 0 Å².